The van der Waals surface area contributed by atoms with Crippen LogP contribution in [0.2, 0.25) is 10.0 Å². The third-order valence-corrected chi connectivity index (χ3v) is 3.70. The van der Waals surface area contributed by atoms with Gasteiger partial charge in [-0.15, -0.1) is 0 Å². The van der Waals surface area contributed by atoms with Gasteiger partial charge in [0.1, 0.15) is 17.2 Å². The number of aryl methyl sites for hydroxylation is 1. The average molecular weight is 396 g/mol. The maximum atomic E-state index is 13.7. The molecule has 8 heteroatoms. The molecule has 0 saturated heterocycles. The molecule has 0 radical (unpaired) electrons. The van der Waals surface area contributed by atoms with Gasteiger partial charge in [0.25, 0.3) is 5.91 Å². The van der Waals surface area contributed by atoms with Crippen LogP contribution in [0.15, 0.2) is 22.7 Å². The van der Waals surface area contributed by atoms with E-state index in [2.05, 4.69) is 26.2 Å². The number of hydrogen-bond acceptors (Lipinski definition) is 2. The topological polar surface area (TPSA) is 42.0 Å². The van der Waals surface area contributed by atoms with Crippen molar-refractivity contribution in [3.05, 3.63) is 55.6 Å². The lowest BCUT2D eigenvalue weighted by Gasteiger charge is -2.09. The zero-order chi connectivity index (χ0) is 15.7. The number of nitrogens with zero attached hydrogens (tertiary/aromatic N) is 1. The molecule has 2 aromatic rings. The summed E-state index contributed by atoms with van der Waals surface area (Å²) in [7, 11) is 0. The molecule has 110 valence electrons. The molecule has 0 fully saturated rings. The number of carbonyl (C=O) groups is 1. The van der Waals surface area contributed by atoms with Crippen LogP contribution in [-0.4, -0.2) is 10.9 Å². The summed E-state index contributed by atoms with van der Waals surface area (Å²) < 4.78 is 27.6. The Morgan fingerprint density at radius 2 is 1.76 bits per heavy atom. The number of pyridine rings is 1. The second-order valence-corrected chi connectivity index (χ2v) is 5.81. The van der Waals surface area contributed by atoms with Crippen LogP contribution < -0.4 is 5.32 Å². The van der Waals surface area contributed by atoms with Gasteiger partial charge in [-0.1, -0.05) is 39.1 Å². The van der Waals surface area contributed by atoms with Gasteiger partial charge >= 0.3 is 0 Å². The maximum Gasteiger partial charge on any atom is 0.262 e. The Bertz CT molecular complexity index is 717. The predicted molar refractivity (Wildman–Crippen MR) is 81.0 cm³/mol. The molecule has 2 rings (SSSR count). The van der Waals surface area contributed by atoms with E-state index in [0.29, 0.717) is 10.7 Å². The minimum atomic E-state index is -0.999. The number of anilines is 1. The molecule has 0 aliphatic carbocycles. The van der Waals surface area contributed by atoms with Crippen molar-refractivity contribution in [2.45, 2.75) is 6.92 Å². The molecule has 0 aliphatic heterocycles. The van der Waals surface area contributed by atoms with Crippen LogP contribution in [0.3, 0.4) is 0 Å². The van der Waals surface area contributed by atoms with Crippen LogP contribution in [0, 0.1) is 18.6 Å². The van der Waals surface area contributed by atoms with Crippen LogP contribution in [0.25, 0.3) is 0 Å². The summed E-state index contributed by atoms with van der Waals surface area (Å²) in [5.74, 6) is -3.01. The highest BCUT2D eigenvalue weighted by Crippen LogP contribution is 2.27. The molecular weight excluding hydrogens is 389 g/mol. The lowest BCUT2D eigenvalue weighted by Crippen LogP contribution is -2.17. The summed E-state index contributed by atoms with van der Waals surface area (Å²) in [5.41, 5.74) is -0.295. The standard InChI is InChI=1S/C13H7BrCl2F2N2O/c1-5-7(15)4-8(16)12(19-5)20-13(21)11-9(17)2-6(14)3-10(11)18/h2-4H,1H3,(H,19,20,21). The molecule has 0 aliphatic rings. The van der Waals surface area contributed by atoms with Crippen molar-refractivity contribution >= 4 is 50.9 Å². The fourth-order valence-corrected chi connectivity index (χ4v) is 2.38. The molecule has 1 N–H and O–H groups in total. The molecule has 0 bridgehead atoms. The average Bonchev–Trinajstić information content (AvgIpc) is 2.34. The molecule has 1 aromatic carbocycles. The van der Waals surface area contributed by atoms with Crippen molar-refractivity contribution < 1.29 is 13.6 Å². The minimum absolute atomic E-state index is 0.0229. The Kier molecular flexibility index (Phi) is 4.81. The van der Waals surface area contributed by atoms with E-state index in [4.69, 9.17) is 23.2 Å². The highest BCUT2D eigenvalue weighted by molar-refractivity contribution is 9.10. The fraction of sp³-hybridized carbons (Fsp3) is 0.0769. The van der Waals surface area contributed by atoms with Gasteiger partial charge < -0.3 is 5.32 Å². The van der Waals surface area contributed by atoms with E-state index < -0.39 is 23.1 Å². The summed E-state index contributed by atoms with van der Waals surface area (Å²) in [4.78, 5) is 15.9. The zero-order valence-corrected chi connectivity index (χ0v) is 13.6. The quantitative estimate of drug-likeness (QED) is 0.778. The van der Waals surface area contributed by atoms with Crippen molar-refractivity contribution in [2.75, 3.05) is 5.32 Å². The molecule has 21 heavy (non-hydrogen) atoms. The van der Waals surface area contributed by atoms with Gasteiger partial charge in [0.05, 0.1) is 15.7 Å². The largest absolute Gasteiger partial charge is 0.305 e. The SMILES string of the molecule is Cc1nc(NC(=O)c2c(F)cc(Br)cc2F)c(Cl)cc1Cl. The van der Waals surface area contributed by atoms with Gasteiger partial charge in [0.2, 0.25) is 0 Å². The Labute approximate surface area is 137 Å². The van der Waals surface area contributed by atoms with E-state index in [1.165, 1.54) is 6.07 Å². The normalized spacial score (nSPS) is 10.6. The minimum Gasteiger partial charge on any atom is -0.305 e. The second-order valence-electron chi connectivity index (χ2n) is 4.08. The van der Waals surface area contributed by atoms with Crippen LogP contribution >= 0.6 is 39.1 Å². The molecule has 0 saturated carbocycles. The van der Waals surface area contributed by atoms with Crippen LogP contribution in [0.5, 0.6) is 0 Å². The first kappa shape index (κ1) is 16.1. The first-order valence-corrected chi connectivity index (χ1v) is 7.13. The first-order chi connectivity index (χ1) is 9.79. The predicted octanol–water partition coefficient (Wildman–Crippen LogP) is 4.99. The summed E-state index contributed by atoms with van der Waals surface area (Å²) >= 11 is 14.6. The van der Waals surface area contributed by atoms with Crippen LogP contribution in [0.1, 0.15) is 16.1 Å². The summed E-state index contributed by atoms with van der Waals surface area (Å²) in [5, 5.41) is 2.64. The Balaban J connectivity index is 2.37. The van der Waals surface area contributed by atoms with E-state index in [1.54, 1.807) is 6.92 Å². The first-order valence-electron chi connectivity index (χ1n) is 5.58. The second kappa shape index (κ2) is 6.25. The maximum absolute atomic E-state index is 13.7. The van der Waals surface area contributed by atoms with E-state index in [-0.39, 0.29) is 15.3 Å². The number of rotatable bonds is 2. The van der Waals surface area contributed by atoms with Crippen molar-refractivity contribution in [3.8, 4) is 0 Å². The molecule has 0 spiro atoms. The number of nitrogens with one attached hydrogen (secondary N) is 1. The zero-order valence-electron chi connectivity index (χ0n) is 10.5. The monoisotopic (exact) mass is 394 g/mol. The van der Waals surface area contributed by atoms with Gasteiger partial charge in [-0.3, -0.25) is 4.79 Å². The summed E-state index contributed by atoms with van der Waals surface area (Å²) in [6, 6.07) is 3.36. The number of amides is 1. The van der Waals surface area contributed by atoms with Crippen molar-refractivity contribution in [1.82, 2.24) is 4.98 Å². The Morgan fingerprint density at radius 3 is 2.33 bits per heavy atom. The Morgan fingerprint density at radius 1 is 1.19 bits per heavy atom. The molecule has 1 heterocycles. The van der Waals surface area contributed by atoms with Gasteiger partial charge in [0, 0.05) is 4.47 Å². The van der Waals surface area contributed by atoms with E-state index >= 15 is 0 Å². The fourth-order valence-electron chi connectivity index (χ4n) is 1.58. The molecule has 0 unspecified atom stereocenters. The highest BCUT2D eigenvalue weighted by Gasteiger charge is 2.20. The van der Waals surface area contributed by atoms with Crippen LogP contribution in [-0.2, 0) is 0 Å². The lowest BCUT2D eigenvalue weighted by atomic mass is 10.2. The number of benzene rings is 1. The number of carbonyl (C=O) groups excluding carboxylic acids is 1. The molecule has 3 nitrogen and oxygen atoms in total. The summed E-state index contributed by atoms with van der Waals surface area (Å²) in [6.45, 7) is 1.61. The number of aromatic nitrogens is 1. The number of halogens is 5. The smallest absolute Gasteiger partial charge is 0.262 e. The van der Waals surface area contributed by atoms with E-state index in [0.717, 1.165) is 12.1 Å². The highest BCUT2D eigenvalue weighted by atomic mass is 79.9. The van der Waals surface area contributed by atoms with Gasteiger partial charge in [-0.05, 0) is 25.1 Å². The van der Waals surface area contributed by atoms with Gasteiger partial charge in [-0.25, -0.2) is 13.8 Å². The number of hydrogen-bond donors (Lipinski definition) is 1. The van der Waals surface area contributed by atoms with Gasteiger partial charge in [-0.2, -0.15) is 0 Å². The molecule has 1 amide bonds. The van der Waals surface area contributed by atoms with Crippen molar-refractivity contribution in [1.29, 1.82) is 0 Å². The van der Waals surface area contributed by atoms with Crippen LogP contribution in [0.4, 0.5) is 14.6 Å². The molecule has 1 aromatic heterocycles. The Hall–Kier alpha value is -1.24. The van der Waals surface area contributed by atoms with E-state index in [1.807, 2.05) is 0 Å². The van der Waals surface area contributed by atoms with Crippen molar-refractivity contribution in [3.63, 3.8) is 0 Å². The molecule has 0 atom stereocenters. The van der Waals surface area contributed by atoms with Gasteiger partial charge in [0.15, 0.2) is 5.82 Å². The van der Waals surface area contributed by atoms with E-state index in [9.17, 15) is 13.6 Å². The third-order valence-electron chi connectivity index (χ3n) is 2.57. The summed E-state index contributed by atoms with van der Waals surface area (Å²) in [6.07, 6.45) is 0. The lowest BCUT2D eigenvalue weighted by molar-refractivity contribution is 0.101. The third kappa shape index (κ3) is 3.51. The molecular formula is C13H7BrCl2F2N2O. The van der Waals surface area contributed by atoms with Crippen molar-refractivity contribution in [2.24, 2.45) is 0 Å².